The number of hydrogen-bond acceptors (Lipinski definition) is 4. The maximum Gasteiger partial charge on any atom is 0.194 e. The molecule has 0 bridgehead atoms. The van der Waals surface area contributed by atoms with Gasteiger partial charge in [0.15, 0.2) is 15.8 Å². The second kappa shape index (κ2) is 7.98. The van der Waals surface area contributed by atoms with Crippen molar-refractivity contribution in [1.29, 1.82) is 0 Å². The zero-order valence-electron chi connectivity index (χ0n) is 16.0. The molecular formula is C18H31N5O2S. The summed E-state index contributed by atoms with van der Waals surface area (Å²) in [5.74, 6) is 2.23. The summed E-state index contributed by atoms with van der Waals surface area (Å²) in [4.78, 5) is 11.3. The van der Waals surface area contributed by atoms with Crippen LogP contribution >= 0.6 is 0 Å². The number of guanidine groups is 1. The van der Waals surface area contributed by atoms with Crippen LogP contribution in [0.15, 0.2) is 23.7 Å². The van der Waals surface area contributed by atoms with E-state index in [0.717, 1.165) is 31.9 Å². The minimum atomic E-state index is -2.85. The van der Waals surface area contributed by atoms with Crippen LogP contribution in [-0.2, 0) is 9.84 Å². The lowest BCUT2D eigenvalue weighted by Crippen LogP contribution is -2.50. The Balaban J connectivity index is 1.71. The Labute approximate surface area is 156 Å². The van der Waals surface area contributed by atoms with Crippen molar-refractivity contribution in [2.75, 3.05) is 31.1 Å². The molecule has 0 saturated carbocycles. The third-order valence-corrected chi connectivity index (χ3v) is 7.21. The number of aliphatic imine (C=N–C) groups is 1. The Morgan fingerprint density at radius 2 is 2.19 bits per heavy atom. The van der Waals surface area contributed by atoms with Gasteiger partial charge in [-0.1, -0.05) is 6.92 Å². The summed E-state index contributed by atoms with van der Waals surface area (Å²) in [6.45, 7) is 8.94. The average Bonchev–Trinajstić information content (AvgIpc) is 3.21. The van der Waals surface area contributed by atoms with Gasteiger partial charge in [-0.05, 0) is 38.5 Å². The Hall–Kier alpha value is -1.57. The predicted octanol–water partition coefficient (Wildman–Crippen LogP) is 1.55. The maximum absolute atomic E-state index is 11.7. The van der Waals surface area contributed by atoms with Crippen LogP contribution in [0.25, 0.3) is 0 Å². The predicted molar refractivity (Wildman–Crippen MR) is 104 cm³/mol. The molecule has 3 rings (SSSR count). The van der Waals surface area contributed by atoms with E-state index < -0.39 is 9.84 Å². The fourth-order valence-electron chi connectivity index (χ4n) is 3.82. The monoisotopic (exact) mass is 381 g/mol. The van der Waals surface area contributed by atoms with Crippen molar-refractivity contribution in [2.45, 2.75) is 45.7 Å². The highest BCUT2D eigenvalue weighted by molar-refractivity contribution is 7.91. The van der Waals surface area contributed by atoms with E-state index in [-0.39, 0.29) is 17.7 Å². The van der Waals surface area contributed by atoms with E-state index >= 15 is 0 Å². The number of nitrogens with one attached hydrogen (secondary N) is 1. The van der Waals surface area contributed by atoms with Gasteiger partial charge in [0, 0.05) is 38.1 Å². The molecule has 0 amide bonds. The molecule has 26 heavy (non-hydrogen) atoms. The molecule has 7 nitrogen and oxygen atoms in total. The van der Waals surface area contributed by atoms with E-state index in [9.17, 15) is 8.42 Å². The second-order valence-corrected chi connectivity index (χ2v) is 10.3. The van der Waals surface area contributed by atoms with Crippen LogP contribution in [0.4, 0.5) is 0 Å². The van der Waals surface area contributed by atoms with Crippen molar-refractivity contribution in [1.82, 2.24) is 19.8 Å². The first kappa shape index (κ1) is 19.2. The lowest BCUT2D eigenvalue weighted by Gasteiger charge is -2.39. The zero-order valence-corrected chi connectivity index (χ0v) is 16.8. The van der Waals surface area contributed by atoms with Crippen LogP contribution in [0.1, 0.15) is 39.7 Å². The van der Waals surface area contributed by atoms with E-state index in [2.05, 4.69) is 40.5 Å². The van der Waals surface area contributed by atoms with Gasteiger partial charge >= 0.3 is 0 Å². The van der Waals surface area contributed by atoms with Crippen LogP contribution < -0.4 is 5.32 Å². The van der Waals surface area contributed by atoms with Gasteiger partial charge in [0.1, 0.15) is 0 Å². The van der Waals surface area contributed by atoms with Crippen molar-refractivity contribution in [3.8, 4) is 0 Å². The summed E-state index contributed by atoms with van der Waals surface area (Å²) in [6.07, 6.45) is 7.57. The molecule has 2 aliphatic heterocycles. The Kier molecular flexibility index (Phi) is 5.89. The number of nitrogens with zero attached hydrogens (tertiary/aromatic N) is 4. The first-order valence-electron chi connectivity index (χ1n) is 9.58. The van der Waals surface area contributed by atoms with Gasteiger partial charge in [0.25, 0.3) is 0 Å². The van der Waals surface area contributed by atoms with E-state index in [0.29, 0.717) is 24.3 Å². The van der Waals surface area contributed by atoms with E-state index in [4.69, 9.17) is 4.99 Å². The second-order valence-electron chi connectivity index (χ2n) is 8.02. The van der Waals surface area contributed by atoms with E-state index in [1.54, 1.807) is 0 Å². The van der Waals surface area contributed by atoms with Crippen LogP contribution in [0, 0.1) is 11.8 Å². The number of imidazole rings is 1. The van der Waals surface area contributed by atoms with Crippen molar-refractivity contribution in [3.05, 3.63) is 18.7 Å². The molecular weight excluding hydrogens is 350 g/mol. The van der Waals surface area contributed by atoms with Crippen LogP contribution in [-0.4, -0.2) is 66.0 Å². The molecule has 8 heteroatoms. The summed E-state index contributed by atoms with van der Waals surface area (Å²) in [7, 11) is -2.85. The largest absolute Gasteiger partial charge is 0.354 e. The maximum atomic E-state index is 11.7. The highest BCUT2D eigenvalue weighted by atomic mass is 32.2. The third-order valence-electron chi connectivity index (χ3n) is 5.37. The number of sulfone groups is 1. The van der Waals surface area contributed by atoms with Gasteiger partial charge in [-0.2, -0.15) is 0 Å². The molecule has 3 atom stereocenters. The minimum Gasteiger partial charge on any atom is -0.354 e. The van der Waals surface area contributed by atoms with Gasteiger partial charge in [-0.15, -0.1) is 0 Å². The Morgan fingerprint density at radius 1 is 1.38 bits per heavy atom. The fraction of sp³-hybridized carbons (Fsp3) is 0.778. The van der Waals surface area contributed by atoms with Crippen LogP contribution in [0.3, 0.4) is 0 Å². The van der Waals surface area contributed by atoms with Gasteiger partial charge in [-0.3, -0.25) is 4.99 Å². The van der Waals surface area contributed by atoms with Crippen LogP contribution in [0.2, 0.25) is 0 Å². The van der Waals surface area contributed by atoms with Crippen molar-refractivity contribution >= 4 is 15.8 Å². The molecule has 2 fully saturated rings. The van der Waals surface area contributed by atoms with Gasteiger partial charge < -0.3 is 14.8 Å². The molecule has 3 heterocycles. The van der Waals surface area contributed by atoms with Crippen LogP contribution in [0.5, 0.6) is 0 Å². The quantitative estimate of drug-likeness (QED) is 0.632. The van der Waals surface area contributed by atoms with Gasteiger partial charge in [-0.25, -0.2) is 13.4 Å². The first-order chi connectivity index (χ1) is 12.3. The number of piperidine rings is 1. The molecule has 2 saturated heterocycles. The highest BCUT2D eigenvalue weighted by Crippen LogP contribution is 2.27. The normalized spacial score (nSPS) is 29.3. The lowest BCUT2D eigenvalue weighted by molar-refractivity contribution is 0.188. The number of likely N-dealkylation sites (tertiary alicyclic amines) is 1. The molecule has 3 unspecified atom stereocenters. The minimum absolute atomic E-state index is 0.150. The number of rotatable bonds is 4. The summed E-state index contributed by atoms with van der Waals surface area (Å²) < 4.78 is 25.6. The molecule has 1 N–H and O–H groups in total. The van der Waals surface area contributed by atoms with Crippen molar-refractivity contribution in [2.24, 2.45) is 16.8 Å². The summed E-state index contributed by atoms with van der Waals surface area (Å²) in [6, 6.07) is 0.657. The van der Waals surface area contributed by atoms with Gasteiger partial charge in [0.2, 0.25) is 0 Å². The molecule has 2 aliphatic rings. The fourth-order valence-corrected chi connectivity index (χ4v) is 5.67. The lowest BCUT2D eigenvalue weighted by atomic mass is 9.93. The molecule has 0 radical (unpaired) electrons. The van der Waals surface area contributed by atoms with E-state index in [1.807, 2.05) is 18.7 Å². The first-order valence-corrected chi connectivity index (χ1v) is 11.4. The average molecular weight is 382 g/mol. The highest BCUT2D eigenvalue weighted by Gasteiger charge is 2.30. The molecule has 0 aliphatic carbocycles. The Bertz CT molecular complexity index is 714. The number of aromatic nitrogens is 2. The summed E-state index contributed by atoms with van der Waals surface area (Å²) in [5, 5.41) is 3.48. The van der Waals surface area contributed by atoms with Crippen molar-refractivity contribution < 1.29 is 8.42 Å². The molecule has 1 aromatic rings. The molecule has 0 spiro atoms. The summed E-state index contributed by atoms with van der Waals surface area (Å²) >= 11 is 0. The third kappa shape index (κ3) is 4.78. The molecule has 1 aromatic heterocycles. The topological polar surface area (TPSA) is 79.6 Å². The van der Waals surface area contributed by atoms with Gasteiger partial charge in [0.05, 0.1) is 23.9 Å². The zero-order chi connectivity index (χ0) is 18.7. The molecule has 146 valence electrons. The van der Waals surface area contributed by atoms with Crippen molar-refractivity contribution in [3.63, 3.8) is 0 Å². The SMILES string of the molecule is CC(C)NC(=NCC1CCS(=O)(=O)C1)N1CCC(C)C(n2ccnc2)C1. The molecule has 0 aromatic carbocycles. The summed E-state index contributed by atoms with van der Waals surface area (Å²) in [5.41, 5.74) is 0. The number of hydrogen-bond donors (Lipinski definition) is 1. The smallest absolute Gasteiger partial charge is 0.194 e. The Morgan fingerprint density at radius 3 is 2.81 bits per heavy atom. The standard InChI is InChI=1S/C18H31N5O2S/c1-14(2)21-18(20-10-16-5-9-26(24,25)12-16)22-7-4-15(3)17(11-22)23-8-6-19-13-23/h6,8,13-17H,4-5,7,9-12H2,1-3H3,(H,20,21). The van der Waals surface area contributed by atoms with E-state index in [1.165, 1.54) is 0 Å².